The molecule has 0 aliphatic heterocycles. The van der Waals surface area contributed by atoms with Crippen LogP contribution in [0, 0.1) is 0 Å². The first-order valence-corrected chi connectivity index (χ1v) is 3.40. The SMILES string of the molecule is COC(=O)OC1=CC=CCC1=O. The van der Waals surface area contributed by atoms with Gasteiger partial charge >= 0.3 is 6.16 Å². The number of Topliss-reactive ketones (excluding diaryl/α,β-unsaturated/α-hetero) is 1. The molecule has 64 valence electrons. The molecule has 0 bridgehead atoms. The molecule has 4 heteroatoms. The summed E-state index contributed by atoms with van der Waals surface area (Å²) in [6.45, 7) is 0. The number of ketones is 1. The van der Waals surface area contributed by atoms with Gasteiger partial charge in [-0.3, -0.25) is 4.79 Å². The van der Waals surface area contributed by atoms with Crippen LogP contribution in [0.4, 0.5) is 4.79 Å². The van der Waals surface area contributed by atoms with Crippen molar-refractivity contribution in [2.45, 2.75) is 6.42 Å². The third kappa shape index (κ3) is 1.95. The molecule has 0 aromatic heterocycles. The van der Waals surface area contributed by atoms with Gasteiger partial charge in [0.15, 0.2) is 5.76 Å². The fourth-order valence-electron chi connectivity index (χ4n) is 0.746. The molecular formula is C8H8O4. The van der Waals surface area contributed by atoms with Crippen LogP contribution in [-0.4, -0.2) is 19.0 Å². The second-order valence-corrected chi connectivity index (χ2v) is 2.14. The lowest BCUT2D eigenvalue weighted by molar-refractivity contribution is -0.117. The number of carbonyl (C=O) groups is 2. The van der Waals surface area contributed by atoms with Gasteiger partial charge in [0.25, 0.3) is 0 Å². The van der Waals surface area contributed by atoms with Crippen molar-refractivity contribution in [3.63, 3.8) is 0 Å². The van der Waals surface area contributed by atoms with Crippen LogP contribution in [0.5, 0.6) is 0 Å². The van der Waals surface area contributed by atoms with Gasteiger partial charge in [-0.1, -0.05) is 12.2 Å². The number of hydrogen-bond donors (Lipinski definition) is 0. The van der Waals surface area contributed by atoms with Gasteiger partial charge in [0.1, 0.15) is 0 Å². The number of ether oxygens (including phenoxy) is 2. The smallest absolute Gasteiger partial charge is 0.437 e. The number of hydrogen-bond acceptors (Lipinski definition) is 4. The van der Waals surface area contributed by atoms with Crippen molar-refractivity contribution >= 4 is 11.9 Å². The molecule has 0 radical (unpaired) electrons. The molecule has 0 saturated heterocycles. The standard InChI is InChI=1S/C8H8O4/c1-11-8(10)12-7-5-3-2-4-6(7)9/h2-3,5H,4H2,1H3. The summed E-state index contributed by atoms with van der Waals surface area (Å²) in [7, 11) is 1.19. The van der Waals surface area contributed by atoms with Crippen LogP contribution in [0.25, 0.3) is 0 Å². The third-order valence-corrected chi connectivity index (χ3v) is 1.32. The topological polar surface area (TPSA) is 52.6 Å². The summed E-state index contributed by atoms with van der Waals surface area (Å²) in [6.07, 6.45) is 4.17. The van der Waals surface area contributed by atoms with Gasteiger partial charge in [0, 0.05) is 6.42 Å². The van der Waals surface area contributed by atoms with E-state index in [1.165, 1.54) is 13.2 Å². The van der Waals surface area contributed by atoms with Gasteiger partial charge in [-0.25, -0.2) is 4.79 Å². The normalized spacial score (nSPS) is 15.4. The van der Waals surface area contributed by atoms with E-state index in [1.807, 2.05) is 0 Å². The van der Waals surface area contributed by atoms with Crippen LogP contribution < -0.4 is 0 Å². The molecule has 1 aliphatic rings. The zero-order valence-electron chi connectivity index (χ0n) is 6.57. The molecule has 0 fully saturated rings. The van der Waals surface area contributed by atoms with E-state index in [2.05, 4.69) is 9.47 Å². The van der Waals surface area contributed by atoms with E-state index in [0.717, 1.165) is 0 Å². The van der Waals surface area contributed by atoms with Gasteiger partial charge in [0.2, 0.25) is 5.78 Å². The van der Waals surface area contributed by atoms with Crippen LogP contribution in [-0.2, 0) is 14.3 Å². The van der Waals surface area contributed by atoms with E-state index in [-0.39, 0.29) is 18.0 Å². The van der Waals surface area contributed by atoms with Crippen LogP contribution in [0.15, 0.2) is 24.0 Å². The molecule has 12 heavy (non-hydrogen) atoms. The Bertz CT molecular complexity index is 262. The number of methoxy groups -OCH3 is 1. The second kappa shape index (κ2) is 3.71. The van der Waals surface area contributed by atoms with Crippen LogP contribution in [0.2, 0.25) is 0 Å². The van der Waals surface area contributed by atoms with Crippen molar-refractivity contribution in [2.24, 2.45) is 0 Å². The molecule has 0 spiro atoms. The first-order chi connectivity index (χ1) is 5.74. The Labute approximate surface area is 69.5 Å². The summed E-state index contributed by atoms with van der Waals surface area (Å²) in [5.41, 5.74) is 0. The van der Waals surface area contributed by atoms with Crippen LogP contribution in [0.3, 0.4) is 0 Å². The lowest BCUT2D eigenvalue weighted by Gasteiger charge is -2.06. The highest BCUT2D eigenvalue weighted by molar-refractivity contribution is 5.97. The summed E-state index contributed by atoms with van der Waals surface area (Å²) in [6, 6.07) is 0. The van der Waals surface area contributed by atoms with Crippen molar-refractivity contribution in [3.05, 3.63) is 24.0 Å². The minimum atomic E-state index is -0.870. The molecule has 0 N–H and O–H groups in total. The fourth-order valence-corrected chi connectivity index (χ4v) is 0.746. The number of carbonyl (C=O) groups excluding carboxylic acids is 2. The zero-order chi connectivity index (χ0) is 8.97. The highest BCUT2D eigenvalue weighted by Gasteiger charge is 2.15. The van der Waals surface area contributed by atoms with Gasteiger partial charge in [-0.05, 0) is 6.08 Å². The zero-order valence-corrected chi connectivity index (χ0v) is 6.57. The summed E-state index contributed by atoms with van der Waals surface area (Å²) in [5, 5.41) is 0. The van der Waals surface area contributed by atoms with E-state index >= 15 is 0 Å². The first kappa shape index (κ1) is 8.52. The van der Waals surface area contributed by atoms with Crippen molar-refractivity contribution in [3.8, 4) is 0 Å². The summed E-state index contributed by atoms with van der Waals surface area (Å²) >= 11 is 0. The van der Waals surface area contributed by atoms with E-state index in [9.17, 15) is 9.59 Å². The predicted octanol–water partition coefficient (Wildman–Crippen LogP) is 1.18. The Kier molecular flexibility index (Phi) is 2.63. The minimum Gasteiger partial charge on any atom is -0.437 e. The molecule has 0 amide bonds. The monoisotopic (exact) mass is 168 g/mol. The van der Waals surface area contributed by atoms with Gasteiger partial charge < -0.3 is 9.47 Å². The Morgan fingerprint density at radius 2 is 2.33 bits per heavy atom. The van der Waals surface area contributed by atoms with E-state index in [0.29, 0.717) is 0 Å². The molecule has 0 atom stereocenters. The highest BCUT2D eigenvalue weighted by atomic mass is 16.7. The Balaban J connectivity index is 2.61. The highest BCUT2D eigenvalue weighted by Crippen LogP contribution is 2.09. The summed E-state index contributed by atoms with van der Waals surface area (Å²) in [4.78, 5) is 21.6. The maximum Gasteiger partial charge on any atom is 0.513 e. The van der Waals surface area contributed by atoms with Gasteiger partial charge in [-0.2, -0.15) is 0 Å². The molecule has 0 aromatic carbocycles. The summed E-state index contributed by atoms with van der Waals surface area (Å²) < 4.78 is 8.77. The third-order valence-electron chi connectivity index (χ3n) is 1.32. The van der Waals surface area contributed by atoms with Crippen LogP contribution in [0.1, 0.15) is 6.42 Å². The van der Waals surface area contributed by atoms with E-state index < -0.39 is 6.16 Å². The van der Waals surface area contributed by atoms with Crippen molar-refractivity contribution in [1.29, 1.82) is 0 Å². The molecule has 1 aliphatic carbocycles. The molecule has 0 aromatic rings. The molecule has 4 nitrogen and oxygen atoms in total. The average molecular weight is 168 g/mol. The maximum atomic E-state index is 11.0. The van der Waals surface area contributed by atoms with E-state index in [1.54, 1.807) is 12.2 Å². The van der Waals surface area contributed by atoms with E-state index in [4.69, 9.17) is 0 Å². The Morgan fingerprint density at radius 3 is 2.92 bits per heavy atom. The van der Waals surface area contributed by atoms with Crippen molar-refractivity contribution in [1.82, 2.24) is 0 Å². The number of allylic oxidation sites excluding steroid dienone is 4. The molecule has 1 rings (SSSR count). The maximum absolute atomic E-state index is 11.0. The average Bonchev–Trinajstić information content (AvgIpc) is 2.09. The Morgan fingerprint density at radius 1 is 1.58 bits per heavy atom. The summed E-state index contributed by atoms with van der Waals surface area (Å²) in [5.74, 6) is -0.188. The predicted molar refractivity (Wildman–Crippen MR) is 40.3 cm³/mol. The molecule has 0 heterocycles. The largest absolute Gasteiger partial charge is 0.513 e. The first-order valence-electron chi connectivity index (χ1n) is 3.40. The van der Waals surface area contributed by atoms with Gasteiger partial charge in [-0.15, -0.1) is 0 Å². The lowest BCUT2D eigenvalue weighted by atomic mass is 10.1. The Hall–Kier alpha value is -1.58. The molecule has 0 unspecified atom stereocenters. The van der Waals surface area contributed by atoms with Crippen LogP contribution >= 0.6 is 0 Å². The van der Waals surface area contributed by atoms with Gasteiger partial charge in [0.05, 0.1) is 7.11 Å². The fraction of sp³-hybridized carbons (Fsp3) is 0.250. The quantitative estimate of drug-likeness (QED) is 0.551. The minimum absolute atomic E-state index is 0.0318. The molecule has 0 saturated carbocycles. The number of rotatable bonds is 1. The van der Waals surface area contributed by atoms with Crippen molar-refractivity contribution in [2.75, 3.05) is 7.11 Å². The lowest BCUT2D eigenvalue weighted by Crippen LogP contribution is -2.12. The second-order valence-electron chi connectivity index (χ2n) is 2.14. The molecular weight excluding hydrogens is 160 g/mol. The van der Waals surface area contributed by atoms with Crippen molar-refractivity contribution < 1.29 is 19.1 Å².